The van der Waals surface area contributed by atoms with Gasteiger partial charge in [-0.3, -0.25) is 4.98 Å². The van der Waals surface area contributed by atoms with Crippen LogP contribution in [0.3, 0.4) is 0 Å². The monoisotopic (exact) mass is 351 g/mol. The maximum absolute atomic E-state index is 9.26. The number of nitrogen functional groups attached to an aromatic ring is 1. The Hall–Kier alpha value is -2.80. The molecule has 0 fully saturated rings. The Bertz CT molecular complexity index is 1020. The van der Waals surface area contributed by atoms with Crippen molar-refractivity contribution in [1.82, 2.24) is 9.97 Å². The molecule has 2 heterocycles. The summed E-state index contributed by atoms with van der Waals surface area (Å²) in [5.74, 6) is 0.598. The minimum atomic E-state index is 0.112. The van der Waals surface area contributed by atoms with Crippen molar-refractivity contribution >= 4 is 40.1 Å². The number of hydrogen-bond donors (Lipinski definition) is 1. The number of aromatic nitrogens is 2. The number of fused-ring (bicyclic) bond motifs is 1. The zero-order chi connectivity index (χ0) is 17.1. The largest absolute Gasteiger partial charge is 0.383 e. The first-order valence-electron chi connectivity index (χ1n) is 6.89. The molecule has 0 unspecified atom stereocenters. The van der Waals surface area contributed by atoms with Crippen molar-refractivity contribution in [1.29, 1.82) is 10.5 Å². The van der Waals surface area contributed by atoms with Crippen LogP contribution in [-0.2, 0) is 5.75 Å². The number of nitriles is 2. The number of benzene rings is 1. The van der Waals surface area contributed by atoms with Crippen LogP contribution < -0.4 is 5.73 Å². The van der Waals surface area contributed by atoms with E-state index in [9.17, 15) is 5.26 Å². The van der Waals surface area contributed by atoms with E-state index in [0.29, 0.717) is 21.4 Å². The second kappa shape index (κ2) is 6.76. The van der Waals surface area contributed by atoms with Crippen molar-refractivity contribution in [2.75, 3.05) is 5.73 Å². The van der Waals surface area contributed by atoms with Gasteiger partial charge in [0.1, 0.15) is 23.0 Å². The third-order valence-corrected chi connectivity index (χ3v) is 4.81. The van der Waals surface area contributed by atoms with Gasteiger partial charge < -0.3 is 5.73 Å². The molecular formula is C17H10ClN5S. The summed E-state index contributed by atoms with van der Waals surface area (Å²) in [6.07, 6.45) is 1.71. The van der Waals surface area contributed by atoms with Gasteiger partial charge in [0.15, 0.2) is 0 Å². The number of nitrogens with zero attached hydrogens (tertiary/aromatic N) is 4. The summed E-state index contributed by atoms with van der Waals surface area (Å²) in [6.45, 7) is 0. The van der Waals surface area contributed by atoms with E-state index in [2.05, 4.69) is 9.97 Å². The van der Waals surface area contributed by atoms with Gasteiger partial charge in [-0.1, -0.05) is 23.7 Å². The van der Waals surface area contributed by atoms with Crippen LogP contribution in [0.1, 0.15) is 16.7 Å². The molecule has 0 saturated carbocycles. The Morgan fingerprint density at radius 1 is 1.17 bits per heavy atom. The predicted octanol–water partition coefficient (Wildman–Crippen LogP) is 3.90. The third kappa shape index (κ3) is 2.98. The van der Waals surface area contributed by atoms with Crippen LogP contribution >= 0.6 is 23.4 Å². The maximum atomic E-state index is 9.26. The quantitative estimate of drug-likeness (QED) is 0.718. The molecule has 2 aromatic heterocycles. The Labute approximate surface area is 147 Å². The second-order valence-electron chi connectivity index (χ2n) is 4.89. The van der Waals surface area contributed by atoms with Crippen LogP contribution in [0, 0.1) is 22.7 Å². The summed E-state index contributed by atoms with van der Waals surface area (Å²) < 4.78 is 0. The molecule has 5 nitrogen and oxygen atoms in total. The van der Waals surface area contributed by atoms with Gasteiger partial charge in [-0.2, -0.15) is 10.5 Å². The number of hydrogen-bond acceptors (Lipinski definition) is 6. The van der Waals surface area contributed by atoms with E-state index in [1.54, 1.807) is 6.20 Å². The Morgan fingerprint density at radius 2 is 1.96 bits per heavy atom. The zero-order valence-electron chi connectivity index (χ0n) is 12.3. The molecule has 0 bridgehead atoms. The molecule has 7 heteroatoms. The average molecular weight is 352 g/mol. The number of nitrogens with two attached hydrogens (primary N) is 1. The Balaban J connectivity index is 1.98. The molecule has 0 aliphatic heterocycles. The van der Waals surface area contributed by atoms with Crippen LogP contribution in [0.25, 0.3) is 10.9 Å². The molecule has 24 heavy (non-hydrogen) atoms. The van der Waals surface area contributed by atoms with Gasteiger partial charge in [0, 0.05) is 27.9 Å². The molecule has 0 saturated heterocycles. The summed E-state index contributed by atoms with van der Waals surface area (Å²) in [4.78, 5) is 8.56. The Kier molecular flexibility index (Phi) is 4.52. The topological polar surface area (TPSA) is 99.4 Å². The van der Waals surface area contributed by atoms with Gasteiger partial charge >= 0.3 is 0 Å². The van der Waals surface area contributed by atoms with E-state index >= 15 is 0 Å². The van der Waals surface area contributed by atoms with Crippen LogP contribution in [0.4, 0.5) is 5.82 Å². The lowest BCUT2D eigenvalue weighted by atomic mass is 10.1. The predicted molar refractivity (Wildman–Crippen MR) is 94.4 cm³/mol. The number of halogens is 1. The smallest absolute Gasteiger partial charge is 0.142 e. The average Bonchev–Trinajstić information content (AvgIpc) is 2.61. The highest BCUT2D eigenvalue weighted by Crippen LogP contribution is 2.32. The molecule has 0 amide bonds. The first-order valence-corrected chi connectivity index (χ1v) is 8.26. The summed E-state index contributed by atoms with van der Waals surface area (Å²) in [5.41, 5.74) is 7.95. The number of rotatable bonds is 3. The molecule has 116 valence electrons. The van der Waals surface area contributed by atoms with Gasteiger partial charge in [0.05, 0.1) is 16.6 Å². The molecule has 0 atom stereocenters. The van der Waals surface area contributed by atoms with Crippen molar-refractivity contribution in [3.63, 3.8) is 0 Å². The van der Waals surface area contributed by atoms with Crippen LogP contribution in [0.15, 0.2) is 41.6 Å². The first-order chi connectivity index (χ1) is 11.6. The van der Waals surface area contributed by atoms with Crippen molar-refractivity contribution in [3.8, 4) is 12.1 Å². The van der Waals surface area contributed by atoms with E-state index < -0.39 is 0 Å². The highest BCUT2D eigenvalue weighted by atomic mass is 35.5. The maximum Gasteiger partial charge on any atom is 0.142 e. The molecule has 3 aromatic rings. The fourth-order valence-corrected chi connectivity index (χ4v) is 3.54. The molecule has 2 N–H and O–H groups in total. The summed E-state index contributed by atoms with van der Waals surface area (Å²) in [6, 6.07) is 13.0. The molecular weight excluding hydrogens is 342 g/mol. The molecule has 3 rings (SSSR count). The second-order valence-corrected chi connectivity index (χ2v) is 6.26. The van der Waals surface area contributed by atoms with Crippen molar-refractivity contribution in [2.24, 2.45) is 0 Å². The van der Waals surface area contributed by atoms with Crippen molar-refractivity contribution in [3.05, 3.63) is 58.2 Å². The van der Waals surface area contributed by atoms with E-state index in [4.69, 9.17) is 22.6 Å². The summed E-state index contributed by atoms with van der Waals surface area (Å²) in [7, 11) is 0. The van der Waals surface area contributed by atoms with Crippen molar-refractivity contribution in [2.45, 2.75) is 10.8 Å². The SMILES string of the molecule is N#Cc1cc(C#N)c(SCc2c(Cl)ccc3cccnc23)nc1N. The third-order valence-electron chi connectivity index (χ3n) is 3.43. The number of pyridine rings is 2. The van der Waals surface area contributed by atoms with E-state index in [1.165, 1.54) is 17.8 Å². The first kappa shape index (κ1) is 16.1. The van der Waals surface area contributed by atoms with E-state index in [1.807, 2.05) is 36.4 Å². The Morgan fingerprint density at radius 3 is 2.71 bits per heavy atom. The minimum Gasteiger partial charge on any atom is -0.383 e. The van der Waals surface area contributed by atoms with Gasteiger partial charge in [0.2, 0.25) is 0 Å². The summed E-state index contributed by atoms with van der Waals surface area (Å²) in [5, 5.41) is 20.3. The fourth-order valence-electron chi connectivity index (χ4n) is 2.25. The normalized spacial score (nSPS) is 10.3. The van der Waals surface area contributed by atoms with Gasteiger partial charge in [-0.05, 0) is 18.2 Å². The zero-order valence-corrected chi connectivity index (χ0v) is 13.9. The standard InChI is InChI=1S/C17H10ClN5S/c18-14-4-3-10-2-1-5-22-15(10)13(14)9-24-17-12(8-20)6-11(7-19)16(21)23-17/h1-6H,9H2,(H2,21,23). The fraction of sp³-hybridized carbons (Fsp3) is 0.0588. The minimum absolute atomic E-state index is 0.112. The molecule has 1 aromatic carbocycles. The van der Waals surface area contributed by atoms with Gasteiger partial charge in [-0.25, -0.2) is 4.98 Å². The van der Waals surface area contributed by atoms with E-state index in [-0.39, 0.29) is 11.4 Å². The van der Waals surface area contributed by atoms with Crippen LogP contribution in [-0.4, -0.2) is 9.97 Å². The van der Waals surface area contributed by atoms with Gasteiger partial charge in [0.25, 0.3) is 0 Å². The number of anilines is 1. The van der Waals surface area contributed by atoms with E-state index in [0.717, 1.165) is 16.5 Å². The van der Waals surface area contributed by atoms with Crippen LogP contribution in [0.2, 0.25) is 5.02 Å². The number of thioether (sulfide) groups is 1. The van der Waals surface area contributed by atoms with Crippen molar-refractivity contribution < 1.29 is 0 Å². The summed E-state index contributed by atoms with van der Waals surface area (Å²) >= 11 is 7.66. The van der Waals surface area contributed by atoms with Gasteiger partial charge in [-0.15, -0.1) is 11.8 Å². The lowest BCUT2D eigenvalue weighted by Crippen LogP contribution is -1.99. The lowest BCUT2D eigenvalue weighted by molar-refractivity contribution is 1.11. The molecule has 0 aliphatic carbocycles. The molecule has 0 radical (unpaired) electrons. The highest BCUT2D eigenvalue weighted by Gasteiger charge is 2.13. The molecule has 0 spiro atoms. The highest BCUT2D eigenvalue weighted by molar-refractivity contribution is 7.98. The molecule has 0 aliphatic rings. The van der Waals surface area contributed by atoms with Crippen LogP contribution in [0.5, 0.6) is 0 Å². The lowest BCUT2D eigenvalue weighted by Gasteiger charge is -2.09.